The van der Waals surface area contributed by atoms with E-state index in [0.29, 0.717) is 17.4 Å². The molecule has 1 heterocycles. The van der Waals surface area contributed by atoms with E-state index in [0.717, 1.165) is 9.87 Å². The van der Waals surface area contributed by atoms with Crippen molar-refractivity contribution < 1.29 is 13.2 Å². The Labute approximate surface area is 178 Å². The molecule has 29 heavy (non-hydrogen) atoms. The van der Waals surface area contributed by atoms with Crippen molar-refractivity contribution in [3.8, 4) is 0 Å². The molecule has 3 rings (SSSR count). The highest BCUT2D eigenvalue weighted by Gasteiger charge is 2.21. The molecular weight excluding hydrogens is 435 g/mol. The Hall–Kier alpha value is -2.39. The van der Waals surface area contributed by atoms with Crippen LogP contribution in [0.15, 0.2) is 59.6 Å². The summed E-state index contributed by atoms with van der Waals surface area (Å²) in [7, 11) is -0.876. The van der Waals surface area contributed by atoms with Gasteiger partial charge in [0.25, 0.3) is 5.91 Å². The summed E-state index contributed by atoms with van der Waals surface area (Å²) in [5, 5.41) is 7.65. The molecule has 3 aromatic rings. The summed E-state index contributed by atoms with van der Waals surface area (Å²) in [5.74, 6) is -0.126. The summed E-state index contributed by atoms with van der Waals surface area (Å²) < 4.78 is 27.3. The maximum absolute atomic E-state index is 12.8. The number of benzene rings is 2. The fourth-order valence-corrected chi connectivity index (χ4v) is 3.91. The minimum atomic E-state index is -3.70. The lowest BCUT2D eigenvalue weighted by Crippen LogP contribution is -2.23. The highest BCUT2D eigenvalue weighted by atomic mass is 35.5. The van der Waals surface area contributed by atoms with Crippen LogP contribution < -0.4 is 5.32 Å². The Balaban J connectivity index is 1.87. The van der Waals surface area contributed by atoms with Crippen LogP contribution in [0, 0.1) is 0 Å². The number of halogens is 2. The number of sulfonamides is 1. The predicted molar refractivity (Wildman–Crippen MR) is 113 cm³/mol. The van der Waals surface area contributed by atoms with Crippen molar-refractivity contribution in [1.82, 2.24) is 14.1 Å². The quantitative estimate of drug-likeness (QED) is 0.617. The first-order valence-electron chi connectivity index (χ1n) is 8.49. The van der Waals surface area contributed by atoms with E-state index in [1.54, 1.807) is 23.0 Å². The lowest BCUT2D eigenvalue weighted by molar-refractivity contribution is 0.102. The van der Waals surface area contributed by atoms with Gasteiger partial charge in [-0.3, -0.25) is 4.79 Å². The van der Waals surface area contributed by atoms with Crippen molar-refractivity contribution >= 4 is 45.0 Å². The van der Waals surface area contributed by atoms with Crippen LogP contribution in [-0.2, 0) is 16.6 Å². The second-order valence-corrected chi connectivity index (χ2v) is 9.31. The molecule has 0 fully saturated rings. The molecule has 0 atom stereocenters. The molecule has 1 N–H and O–H groups in total. The number of nitrogens with zero attached hydrogens (tertiary/aromatic N) is 3. The molecule has 0 saturated carbocycles. The van der Waals surface area contributed by atoms with E-state index in [9.17, 15) is 13.2 Å². The van der Waals surface area contributed by atoms with Crippen LogP contribution in [0.2, 0.25) is 10.0 Å². The lowest BCUT2D eigenvalue weighted by atomic mass is 10.2. The van der Waals surface area contributed by atoms with Crippen LogP contribution in [0.3, 0.4) is 0 Å². The average Bonchev–Trinajstić information content (AvgIpc) is 3.10. The first-order chi connectivity index (χ1) is 13.7. The van der Waals surface area contributed by atoms with Gasteiger partial charge < -0.3 is 5.32 Å². The number of carbonyl (C=O) groups is 1. The van der Waals surface area contributed by atoms with E-state index in [1.165, 1.54) is 32.3 Å². The van der Waals surface area contributed by atoms with Gasteiger partial charge in [-0.2, -0.15) is 5.10 Å². The van der Waals surface area contributed by atoms with Crippen LogP contribution in [0.5, 0.6) is 0 Å². The molecule has 0 aliphatic rings. The SMILES string of the molecule is CN(C)S(=O)(=O)c1ccc(Cl)c(C(=O)Nc2ccnn2Cc2ccccc2Cl)c1. The zero-order valence-corrected chi connectivity index (χ0v) is 18.0. The Morgan fingerprint density at radius 1 is 1.10 bits per heavy atom. The summed E-state index contributed by atoms with van der Waals surface area (Å²) >= 11 is 12.3. The topological polar surface area (TPSA) is 84.3 Å². The van der Waals surface area contributed by atoms with E-state index in [4.69, 9.17) is 23.2 Å². The highest BCUT2D eigenvalue weighted by Crippen LogP contribution is 2.24. The third-order valence-electron chi connectivity index (χ3n) is 4.20. The summed E-state index contributed by atoms with van der Waals surface area (Å²) in [4.78, 5) is 12.8. The molecule has 1 aromatic heterocycles. The summed E-state index contributed by atoms with van der Waals surface area (Å²) in [6, 6.07) is 12.9. The molecule has 0 aliphatic heterocycles. The van der Waals surface area contributed by atoms with E-state index in [-0.39, 0.29) is 15.5 Å². The standard InChI is InChI=1S/C19H18Cl2N4O3S/c1-24(2)29(27,28)14-7-8-17(21)15(11-14)19(26)23-18-9-10-22-25(18)12-13-5-3-4-6-16(13)20/h3-11H,12H2,1-2H3,(H,23,26). The summed E-state index contributed by atoms with van der Waals surface area (Å²) in [6.45, 7) is 0.352. The fourth-order valence-electron chi connectivity index (χ4n) is 2.59. The minimum absolute atomic E-state index is 0.0263. The smallest absolute Gasteiger partial charge is 0.258 e. The molecular formula is C19H18Cl2N4O3S. The molecule has 0 aliphatic carbocycles. The first kappa shape index (κ1) is 21.3. The van der Waals surface area contributed by atoms with Crippen molar-refractivity contribution in [2.24, 2.45) is 0 Å². The summed E-state index contributed by atoms with van der Waals surface area (Å²) in [5.41, 5.74) is 0.880. The zero-order chi connectivity index (χ0) is 21.2. The second-order valence-electron chi connectivity index (χ2n) is 6.35. The van der Waals surface area contributed by atoms with E-state index >= 15 is 0 Å². The van der Waals surface area contributed by atoms with Gasteiger partial charge >= 0.3 is 0 Å². The van der Waals surface area contributed by atoms with Gasteiger partial charge in [-0.25, -0.2) is 17.4 Å². The number of nitrogens with one attached hydrogen (secondary N) is 1. The molecule has 0 saturated heterocycles. The van der Waals surface area contributed by atoms with Crippen LogP contribution >= 0.6 is 23.2 Å². The zero-order valence-electron chi connectivity index (χ0n) is 15.6. The molecule has 10 heteroatoms. The summed E-state index contributed by atoms with van der Waals surface area (Å²) in [6.07, 6.45) is 1.54. The highest BCUT2D eigenvalue weighted by molar-refractivity contribution is 7.89. The molecule has 7 nitrogen and oxygen atoms in total. The largest absolute Gasteiger partial charge is 0.307 e. The molecule has 0 bridgehead atoms. The number of amides is 1. The van der Waals surface area contributed by atoms with E-state index in [2.05, 4.69) is 10.4 Å². The van der Waals surface area contributed by atoms with Gasteiger partial charge in [-0.15, -0.1) is 0 Å². The number of hydrogen-bond acceptors (Lipinski definition) is 4. The molecule has 0 unspecified atom stereocenters. The average molecular weight is 453 g/mol. The third kappa shape index (κ3) is 4.62. The molecule has 0 radical (unpaired) electrons. The lowest BCUT2D eigenvalue weighted by Gasteiger charge is -2.14. The molecule has 1 amide bonds. The van der Waals surface area contributed by atoms with Crippen molar-refractivity contribution in [2.45, 2.75) is 11.4 Å². The first-order valence-corrected chi connectivity index (χ1v) is 10.7. The monoisotopic (exact) mass is 452 g/mol. The fraction of sp³-hybridized carbons (Fsp3) is 0.158. The molecule has 2 aromatic carbocycles. The van der Waals surface area contributed by atoms with Gasteiger partial charge in [-0.05, 0) is 29.8 Å². The molecule has 152 valence electrons. The Kier molecular flexibility index (Phi) is 6.28. The minimum Gasteiger partial charge on any atom is -0.307 e. The van der Waals surface area contributed by atoms with Gasteiger partial charge in [0.2, 0.25) is 10.0 Å². The number of aromatic nitrogens is 2. The van der Waals surface area contributed by atoms with E-state index < -0.39 is 15.9 Å². The molecule has 0 spiro atoms. The van der Waals surface area contributed by atoms with Crippen molar-refractivity contribution in [3.05, 3.63) is 75.9 Å². The number of hydrogen-bond donors (Lipinski definition) is 1. The van der Waals surface area contributed by atoms with Gasteiger partial charge in [0.05, 0.1) is 28.2 Å². The van der Waals surface area contributed by atoms with Crippen molar-refractivity contribution in [2.75, 3.05) is 19.4 Å². The van der Waals surface area contributed by atoms with Gasteiger partial charge in [0, 0.05) is 25.2 Å². The normalized spacial score (nSPS) is 11.6. The number of anilines is 1. The Bertz CT molecular complexity index is 1160. The third-order valence-corrected chi connectivity index (χ3v) is 6.71. The van der Waals surface area contributed by atoms with Gasteiger partial charge in [-0.1, -0.05) is 41.4 Å². The van der Waals surface area contributed by atoms with Crippen LogP contribution in [-0.4, -0.2) is 42.5 Å². The second kappa shape index (κ2) is 8.54. The maximum Gasteiger partial charge on any atom is 0.258 e. The van der Waals surface area contributed by atoms with Gasteiger partial charge in [0.15, 0.2) is 0 Å². The van der Waals surface area contributed by atoms with Gasteiger partial charge in [0.1, 0.15) is 5.82 Å². The predicted octanol–water partition coefficient (Wildman–Crippen LogP) is 3.74. The van der Waals surface area contributed by atoms with Crippen LogP contribution in [0.25, 0.3) is 0 Å². The number of carbonyl (C=O) groups excluding carboxylic acids is 1. The van der Waals surface area contributed by atoms with E-state index in [1.807, 2.05) is 18.2 Å². The van der Waals surface area contributed by atoms with Crippen molar-refractivity contribution in [3.63, 3.8) is 0 Å². The maximum atomic E-state index is 12.8. The Morgan fingerprint density at radius 2 is 1.83 bits per heavy atom. The van der Waals surface area contributed by atoms with Crippen LogP contribution in [0.1, 0.15) is 15.9 Å². The number of rotatable bonds is 6. The van der Waals surface area contributed by atoms with Crippen molar-refractivity contribution in [1.29, 1.82) is 0 Å². The Morgan fingerprint density at radius 3 is 2.52 bits per heavy atom. The van der Waals surface area contributed by atoms with Crippen LogP contribution in [0.4, 0.5) is 5.82 Å².